The molecule has 2 aromatic rings. The van der Waals surface area contributed by atoms with Crippen molar-refractivity contribution in [3.05, 3.63) is 39.3 Å². The molecule has 3 nitrogen and oxygen atoms in total. The molecule has 2 heterocycles. The number of rotatable bonds is 3. The number of H-pyrrole nitrogens is 1. The van der Waals surface area contributed by atoms with Crippen molar-refractivity contribution in [3.63, 3.8) is 0 Å². The van der Waals surface area contributed by atoms with Crippen molar-refractivity contribution in [3.8, 4) is 0 Å². The normalized spacial score (nSPS) is 13.0. The van der Waals surface area contributed by atoms with Crippen molar-refractivity contribution in [2.24, 2.45) is 5.73 Å². The van der Waals surface area contributed by atoms with Gasteiger partial charge in [0.25, 0.3) is 0 Å². The molecule has 1 unspecified atom stereocenters. The minimum Gasteiger partial charge on any atom is -0.324 e. The van der Waals surface area contributed by atoms with Crippen LogP contribution in [0.25, 0.3) is 0 Å². The standard InChI is InChI=1S/C9H10ClN3S/c10-9-2-1-7(14-9)3-8(11)6-4-12-13-5-6/h1-2,4-5,8H,3,11H2,(H,12,13). The average Bonchev–Trinajstić information content (AvgIpc) is 2.75. The van der Waals surface area contributed by atoms with Crippen LogP contribution in [0.3, 0.4) is 0 Å². The Hall–Kier alpha value is -0.840. The molecule has 2 rings (SSSR count). The molecule has 0 radical (unpaired) electrons. The second-order valence-electron chi connectivity index (χ2n) is 3.05. The minimum absolute atomic E-state index is 0.0107. The van der Waals surface area contributed by atoms with Crippen LogP contribution in [0.1, 0.15) is 16.5 Å². The predicted molar refractivity (Wildman–Crippen MR) is 58.5 cm³/mol. The van der Waals surface area contributed by atoms with Gasteiger partial charge in [-0.3, -0.25) is 5.10 Å². The van der Waals surface area contributed by atoms with Gasteiger partial charge >= 0.3 is 0 Å². The van der Waals surface area contributed by atoms with Gasteiger partial charge in [-0.05, 0) is 12.1 Å². The molecular weight excluding hydrogens is 218 g/mol. The summed E-state index contributed by atoms with van der Waals surface area (Å²) in [4.78, 5) is 1.20. The van der Waals surface area contributed by atoms with Crippen LogP contribution < -0.4 is 5.73 Å². The maximum Gasteiger partial charge on any atom is 0.0931 e. The zero-order chi connectivity index (χ0) is 9.97. The largest absolute Gasteiger partial charge is 0.324 e. The highest BCUT2D eigenvalue weighted by atomic mass is 35.5. The number of halogens is 1. The van der Waals surface area contributed by atoms with Gasteiger partial charge in [0.1, 0.15) is 0 Å². The molecule has 5 heteroatoms. The lowest BCUT2D eigenvalue weighted by molar-refractivity contribution is 0.731. The van der Waals surface area contributed by atoms with Gasteiger partial charge in [-0.15, -0.1) is 11.3 Å². The fraction of sp³-hybridized carbons (Fsp3) is 0.222. The van der Waals surface area contributed by atoms with E-state index in [1.54, 1.807) is 17.5 Å². The quantitative estimate of drug-likeness (QED) is 0.846. The van der Waals surface area contributed by atoms with Crippen LogP contribution in [0, 0.1) is 0 Å². The van der Waals surface area contributed by atoms with Crippen molar-refractivity contribution >= 4 is 22.9 Å². The summed E-state index contributed by atoms with van der Waals surface area (Å²) in [5.41, 5.74) is 7.01. The third kappa shape index (κ3) is 2.15. The highest BCUT2D eigenvalue weighted by Crippen LogP contribution is 2.25. The number of hydrogen-bond acceptors (Lipinski definition) is 3. The fourth-order valence-corrected chi connectivity index (χ4v) is 2.41. The molecule has 0 spiro atoms. The third-order valence-electron chi connectivity index (χ3n) is 2.00. The van der Waals surface area contributed by atoms with Gasteiger partial charge in [-0.1, -0.05) is 11.6 Å². The van der Waals surface area contributed by atoms with Crippen molar-refractivity contribution in [1.29, 1.82) is 0 Å². The van der Waals surface area contributed by atoms with Crippen molar-refractivity contribution in [2.75, 3.05) is 0 Å². The summed E-state index contributed by atoms with van der Waals surface area (Å²) in [7, 11) is 0. The number of thiophene rings is 1. The van der Waals surface area contributed by atoms with Crippen LogP contribution in [-0.2, 0) is 6.42 Å². The van der Waals surface area contributed by atoms with Gasteiger partial charge in [0.15, 0.2) is 0 Å². The molecule has 0 amide bonds. The maximum absolute atomic E-state index is 5.98. The molecule has 0 saturated carbocycles. The van der Waals surface area contributed by atoms with Crippen LogP contribution in [0.5, 0.6) is 0 Å². The molecule has 0 aliphatic carbocycles. The summed E-state index contributed by atoms with van der Waals surface area (Å²) in [6.07, 6.45) is 4.37. The van der Waals surface area contributed by atoms with E-state index in [9.17, 15) is 0 Å². The van der Waals surface area contributed by atoms with Crippen molar-refractivity contribution in [1.82, 2.24) is 10.2 Å². The first-order chi connectivity index (χ1) is 6.75. The molecule has 0 aliphatic heterocycles. The first-order valence-corrected chi connectivity index (χ1v) is 5.43. The Balaban J connectivity index is 2.05. The van der Waals surface area contributed by atoms with Crippen LogP contribution >= 0.6 is 22.9 Å². The Morgan fingerprint density at radius 1 is 1.57 bits per heavy atom. The second kappa shape index (κ2) is 4.13. The van der Waals surface area contributed by atoms with E-state index < -0.39 is 0 Å². The fourth-order valence-electron chi connectivity index (χ4n) is 1.26. The van der Waals surface area contributed by atoms with E-state index in [-0.39, 0.29) is 6.04 Å². The zero-order valence-corrected chi connectivity index (χ0v) is 8.98. The lowest BCUT2D eigenvalue weighted by Gasteiger charge is -2.06. The molecule has 1 atom stereocenters. The van der Waals surface area contributed by atoms with Crippen LogP contribution in [0.4, 0.5) is 0 Å². The SMILES string of the molecule is NC(Cc1ccc(Cl)s1)c1cn[nH]c1. The summed E-state index contributed by atoms with van der Waals surface area (Å²) >= 11 is 7.40. The lowest BCUT2D eigenvalue weighted by atomic mass is 10.1. The second-order valence-corrected chi connectivity index (χ2v) is 4.85. The topological polar surface area (TPSA) is 54.7 Å². The number of aromatic amines is 1. The van der Waals surface area contributed by atoms with Gasteiger partial charge in [-0.2, -0.15) is 5.10 Å². The zero-order valence-electron chi connectivity index (χ0n) is 7.40. The van der Waals surface area contributed by atoms with Crippen molar-refractivity contribution < 1.29 is 0 Å². The summed E-state index contributed by atoms with van der Waals surface area (Å²) in [6.45, 7) is 0. The van der Waals surface area contributed by atoms with Gasteiger partial charge in [-0.25, -0.2) is 0 Å². The lowest BCUT2D eigenvalue weighted by Crippen LogP contribution is -2.11. The molecule has 74 valence electrons. The molecule has 0 aliphatic rings. The minimum atomic E-state index is -0.0107. The Labute approximate surface area is 90.9 Å². The van der Waals surface area contributed by atoms with E-state index in [2.05, 4.69) is 10.2 Å². The highest BCUT2D eigenvalue weighted by Gasteiger charge is 2.09. The average molecular weight is 228 g/mol. The molecule has 14 heavy (non-hydrogen) atoms. The molecule has 2 aromatic heterocycles. The number of nitrogens with zero attached hydrogens (tertiary/aromatic N) is 1. The van der Waals surface area contributed by atoms with Gasteiger partial charge in [0.2, 0.25) is 0 Å². The van der Waals surface area contributed by atoms with E-state index in [1.165, 1.54) is 4.88 Å². The Kier molecular flexibility index (Phi) is 2.86. The van der Waals surface area contributed by atoms with Gasteiger partial charge < -0.3 is 5.73 Å². The summed E-state index contributed by atoms with van der Waals surface area (Å²) in [5, 5.41) is 6.61. The van der Waals surface area contributed by atoms with E-state index in [1.807, 2.05) is 18.3 Å². The summed E-state index contributed by atoms with van der Waals surface area (Å²) < 4.78 is 0.805. The number of nitrogens with one attached hydrogen (secondary N) is 1. The molecule has 0 fully saturated rings. The first kappa shape index (κ1) is 9.71. The molecule has 0 bridgehead atoms. The monoisotopic (exact) mass is 227 g/mol. The van der Waals surface area contributed by atoms with Crippen LogP contribution in [0.2, 0.25) is 4.34 Å². The van der Waals surface area contributed by atoms with E-state index in [4.69, 9.17) is 17.3 Å². The molecule has 0 saturated heterocycles. The number of hydrogen-bond donors (Lipinski definition) is 2. The van der Waals surface area contributed by atoms with Gasteiger partial charge in [0, 0.05) is 29.1 Å². The Bertz CT molecular complexity index is 396. The Morgan fingerprint density at radius 3 is 3.00 bits per heavy atom. The Morgan fingerprint density at radius 2 is 2.43 bits per heavy atom. The first-order valence-electron chi connectivity index (χ1n) is 4.24. The van der Waals surface area contributed by atoms with Gasteiger partial charge in [0.05, 0.1) is 10.5 Å². The molecular formula is C9H10ClN3S. The van der Waals surface area contributed by atoms with Crippen molar-refractivity contribution in [2.45, 2.75) is 12.5 Å². The summed E-state index contributed by atoms with van der Waals surface area (Å²) in [6, 6.07) is 3.89. The highest BCUT2D eigenvalue weighted by molar-refractivity contribution is 7.16. The maximum atomic E-state index is 5.98. The number of aromatic nitrogens is 2. The van der Waals surface area contributed by atoms with E-state index in [0.29, 0.717) is 0 Å². The van der Waals surface area contributed by atoms with E-state index >= 15 is 0 Å². The van der Waals surface area contributed by atoms with Crippen LogP contribution in [-0.4, -0.2) is 10.2 Å². The predicted octanol–water partition coefficient (Wildman–Crippen LogP) is 2.37. The molecule has 0 aromatic carbocycles. The third-order valence-corrected chi connectivity index (χ3v) is 3.25. The van der Waals surface area contributed by atoms with Crippen LogP contribution in [0.15, 0.2) is 24.5 Å². The smallest absolute Gasteiger partial charge is 0.0931 e. The number of nitrogens with two attached hydrogens (primary N) is 1. The van der Waals surface area contributed by atoms with E-state index in [0.717, 1.165) is 16.3 Å². The molecule has 3 N–H and O–H groups in total. The summed E-state index contributed by atoms with van der Waals surface area (Å²) in [5.74, 6) is 0.